The molecule has 1 N–H and O–H groups in total. The van der Waals surface area contributed by atoms with Gasteiger partial charge >= 0.3 is 0 Å². The average molecular weight is 267 g/mol. The fourth-order valence-corrected chi connectivity index (χ4v) is 1.94. The van der Waals surface area contributed by atoms with Gasteiger partial charge < -0.3 is 5.32 Å². The summed E-state index contributed by atoms with van der Waals surface area (Å²) < 4.78 is 12.8. The summed E-state index contributed by atoms with van der Waals surface area (Å²) >= 11 is 0. The first-order chi connectivity index (χ1) is 9.74. The third-order valence-electron chi connectivity index (χ3n) is 3.00. The molecule has 2 aromatic rings. The van der Waals surface area contributed by atoms with E-state index in [4.69, 9.17) is 0 Å². The van der Waals surface area contributed by atoms with E-state index in [1.807, 2.05) is 42.5 Å². The molecule has 0 aliphatic rings. The van der Waals surface area contributed by atoms with Crippen LogP contribution in [0, 0.1) is 17.7 Å². The minimum absolute atomic E-state index is 0.192. The predicted octanol–water partition coefficient (Wildman–Crippen LogP) is 3.40. The summed E-state index contributed by atoms with van der Waals surface area (Å²) in [6.07, 6.45) is 0.868. The maximum atomic E-state index is 12.8. The van der Waals surface area contributed by atoms with Crippen molar-refractivity contribution in [3.05, 3.63) is 71.5 Å². The summed E-state index contributed by atoms with van der Waals surface area (Å²) in [5.74, 6) is 6.02. The van der Waals surface area contributed by atoms with Gasteiger partial charge in [-0.25, -0.2) is 4.39 Å². The van der Waals surface area contributed by atoms with Gasteiger partial charge in [-0.05, 0) is 43.2 Å². The molecule has 0 spiro atoms. The molecule has 2 aromatic carbocycles. The van der Waals surface area contributed by atoms with Gasteiger partial charge in [-0.2, -0.15) is 0 Å². The van der Waals surface area contributed by atoms with E-state index in [1.54, 1.807) is 0 Å². The molecule has 0 saturated heterocycles. The van der Waals surface area contributed by atoms with Crippen LogP contribution < -0.4 is 5.32 Å². The Morgan fingerprint density at radius 2 is 1.75 bits per heavy atom. The minimum atomic E-state index is -0.192. The second kappa shape index (κ2) is 7.47. The monoisotopic (exact) mass is 267 g/mol. The molecule has 0 aliphatic carbocycles. The molecule has 2 rings (SSSR count). The highest BCUT2D eigenvalue weighted by atomic mass is 19.1. The molecule has 1 unspecified atom stereocenters. The van der Waals surface area contributed by atoms with Crippen molar-refractivity contribution in [2.24, 2.45) is 0 Å². The number of rotatable bonds is 4. The summed E-state index contributed by atoms with van der Waals surface area (Å²) in [5, 5.41) is 3.35. The van der Waals surface area contributed by atoms with Crippen LogP contribution in [0.5, 0.6) is 0 Å². The van der Waals surface area contributed by atoms with Gasteiger partial charge in [0.25, 0.3) is 0 Å². The zero-order valence-electron chi connectivity index (χ0n) is 11.6. The van der Waals surface area contributed by atoms with E-state index in [1.165, 1.54) is 12.1 Å². The van der Waals surface area contributed by atoms with Crippen molar-refractivity contribution in [1.29, 1.82) is 0 Å². The van der Waals surface area contributed by atoms with Gasteiger partial charge in [0.2, 0.25) is 0 Å². The molecule has 0 amide bonds. The number of nitrogens with one attached hydrogen (secondary N) is 1. The Kier molecular flexibility index (Phi) is 5.34. The lowest BCUT2D eigenvalue weighted by Gasteiger charge is -2.11. The highest BCUT2D eigenvalue weighted by Gasteiger charge is 2.01. The van der Waals surface area contributed by atoms with Crippen molar-refractivity contribution in [2.45, 2.75) is 19.4 Å². The summed E-state index contributed by atoms with van der Waals surface area (Å²) in [7, 11) is 0. The molecule has 0 saturated carbocycles. The lowest BCUT2D eigenvalue weighted by molar-refractivity contribution is 0.583. The number of halogens is 1. The van der Waals surface area contributed by atoms with E-state index >= 15 is 0 Å². The highest BCUT2D eigenvalue weighted by molar-refractivity contribution is 5.33. The average Bonchev–Trinajstić information content (AvgIpc) is 2.47. The van der Waals surface area contributed by atoms with E-state index in [-0.39, 0.29) is 5.82 Å². The van der Waals surface area contributed by atoms with Crippen LogP contribution in [0.25, 0.3) is 0 Å². The fourth-order valence-electron chi connectivity index (χ4n) is 1.94. The third-order valence-corrected chi connectivity index (χ3v) is 3.00. The van der Waals surface area contributed by atoms with Crippen molar-refractivity contribution in [3.8, 4) is 11.8 Å². The predicted molar refractivity (Wildman–Crippen MR) is 80.9 cm³/mol. The normalized spacial score (nSPS) is 11.5. The Bertz CT molecular complexity index is 578. The van der Waals surface area contributed by atoms with Gasteiger partial charge in [0.05, 0.1) is 6.54 Å². The molecule has 0 radical (unpaired) electrons. The number of hydrogen-bond acceptors (Lipinski definition) is 1. The Balaban J connectivity index is 1.77. The Hall–Kier alpha value is -2.11. The number of hydrogen-bond donors (Lipinski definition) is 1. The Morgan fingerprint density at radius 3 is 2.45 bits per heavy atom. The smallest absolute Gasteiger partial charge is 0.123 e. The van der Waals surface area contributed by atoms with Crippen LogP contribution in [0.2, 0.25) is 0 Å². The van der Waals surface area contributed by atoms with E-state index in [0.29, 0.717) is 12.6 Å². The van der Waals surface area contributed by atoms with Crippen LogP contribution in [0.4, 0.5) is 4.39 Å². The van der Waals surface area contributed by atoms with Crippen LogP contribution in [0.1, 0.15) is 18.1 Å². The lowest BCUT2D eigenvalue weighted by Crippen LogP contribution is -2.28. The molecule has 1 atom stereocenters. The molecule has 0 aliphatic heterocycles. The third kappa shape index (κ3) is 4.87. The van der Waals surface area contributed by atoms with Gasteiger partial charge in [0, 0.05) is 11.6 Å². The quantitative estimate of drug-likeness (QED) is 0.837. The first-order valence-electron chi connectivity index (χ1n) is 6.76. The first kappa shape index (κ1) is 14.3. The second-order valence-electron chi connectivity index (χ2n) is 4.78. The Labute approximate surface area is 119 Å². The van der Waals surface area contributed by atoms with Gasteiger partial charge in [0.15, 0.2) is 0 Å². The standard InChI is InChI=1S/C18H18FN/c1-15(14-17-9-11-18(19)12-10-17)20-13-5-8-16-6-3-2-4-7-16/h2-4,6-7,9-12,15,20H,13-14H2,1H3. The van der Waals surface area contributed by atoms with Crippen LogP contribution in [0.3, 0.4) is 0 Å². The fraction of sp³-hybridized carbons (Fsp3) is 0.222. The van der Waals surface area contributed by atoms with Crippen LogP contribution in [-0.2, 0) is 6.42 Å². The van der Waals surface area contributed by atoms with Crippen LogP contribution in [0.15, 0.2) is 54.6 Å². The van der Waals surface area contributed by atoms with Crippen LogP contribution in [-0.4, -0.2) is 12.6 Å². The summed E-state index contributed by atoms with van der Waals surface area (Å²) in [4.78, 5) is 0. The van der Waals surface area contributed by atoms with Gasteiger partial charge in [-0.3, -0.25) is 0 Å². The largest absolute Gasteiger partial charge is 0.303 e. The van der Waals surface area contributed by atoms with Gasteiger partial charge in [-0.15, -0.1) is 0 Å². The molecule has 0 bridgehead atoms. The van der Waals surface area contributed by atoms with E-state index in [2.05, 4.69) is 24.1 Å². The molecular formula is C18H18FN. The zero-order chi connectivity index (χ0) is 14.2. The molecular weight excluding hydrogens is 249 g/mol. The topological polar surface area (TPSA) is 12.0 Å². The molecule has 0 aromatic heterocycles. The van der Waals surface area contributed by atoms with E-state index < -0.39 is 0 Å². The van der Waals surface area contributed by atoms with Crippen molar-refractivity contribution >= 4 is 0 Å². The summed E-state index contributed by atoms with van der Waals surface area (Å²) in [5.41, 5.74) is 2.16. The first-order valence-corrected chi connectivity index (χ1v) is 6.76. The Morgan fingerprint density at radius 1 is 1.05 bits per heavy atom. The van der Waals surface area contributed by atoms with E-state index in [0.717, 1.165) is 17.5 Å². The molecule has 0 fully saturated rings. The maximum absolute atomic E-state index is 12.8. The highest BCUT2D eigenvalue weighted by Crippen LogP contribution is 2.05. The van der Waals surface area contributed by atoms with Gasteiger partial charge in [0.1, 0.15) is 5.82 Å². The molecule has 1 nitrogen and oxygen atoms in total. The van der Waals surface area contributed by atoms with Crippen molar-refractivity contribution in [2.75, 3.05) is 6.54 Å². The molecule has 20 heavy (non-hydrogen) atoms. The van der Waals surface area contributed by atoms with E-state index in [9.17, 15) is 4.39 Å². The van der Waals surface area contributed by atoms with Crippen molar-refractivity contribution in [1.82, 2.24) is 5.32 Å². The van der Waals surface area contributed by atoms with Crippen molar-refractivity contribution < 1.29 is 4.39 Å². The SMILES string of the molecule is CC(Cc1ccc(F)cc1)NCC#Cc1ccccc1. The minimum Gasteiger partial charge on any atom is -0.303 e. The molecule has 2 heteroatoms. The molecule has 102 valence electrons. The van der Waals surface area contributed by atoms with Gasteiger partial charge in [-0.1, -0.05) is 42.2 Å². The zero-order valence-corrected chi connectivity index (χ0v) is 11.6. The van der Waals surface area contributed by atoms with Crippen molar-refractivity contribution in [3.63, 3.8) is 0 Å². The summed E-state index contributed by atoms with van der Waals surface area (Å²) in [6.45, 7) is 2.75. The maximum Gasteiger partial charge on any atom is 0.123 e. The second-order valence-corrected chi connectivity index (χ2v) is 4.78. The lowest BCUT2D eigenvalue weighted by atomic mass is 10.1. The van der Waals surface area contributed by atoms with Crippen LogP contribution >= 0.6 is 0 Å². The summed E-state index contributed by atoms with van der Waals surface area (Å²) in [6, 6.07) is 16.9. The number of benzene rings is 2. The molecule has 0 heterocycles.